The van der Waals surface area contributed by atoms with Gasteiger partial charge in [-0.05, 0) is 0 Å². The van der Waals surface area contributed by atoms with Crippen molar-refractivity contribution in [1.82, 2.24) is 5.32 Å². The minimum Gasteiger partial charge on any atom is -0.399 e. The van der Waals surface area contributed by atoms with Crippen LogP contribution in [0.4, 0.5) is 0 Å². The van der Waals surface area contributed by atoms with Crippen LogP contribution in [-0.2, 0) is 9.63 Å². The van der Waals surface area contributed by atoms with Crippen molar-refractivity contribution in [3.8, 4) is 0 Å². The lowest BCUT2D eigenvalue weighted by atomic mass is 10.4. The van der Waals surface area contributed by atoms with Gasteiger partial charge in [-0.25, -0.2) is 0 Å². The number of nitrogens with one attached hydrogen (secondary N) is 1. The Morgan fingerprint density at radius 2 is 2.50 bits per heavy atom. The fraction of sp³-hybridized carbons (Fsp3) is 0.667. The van der Waals surface area contributed by atoms with Crippen molar-refractivity contribution in [3.63, 3.8) is 0 Å². The molecule has 0 aromatic heterocycles. The zero-order valence-corrected chi connectivity index (χ0v) is 6.26. The van der Waals surface area contributed by atoms with E-state index in [0.717, 1.165) is 0 Å². The van der Waals surface area contributed by atoms with Gasteiger partial charge in [0, 0.05) is 6.42 Å². The van der Waals surface area contributed by atoms with E-state index in [2.05, 4.69) is 15.3 Å². The van der Waals surface area contributed by atoms with Crippen molar-refractivity contribution in [1.29, 1.82) is 0 Å². The number of carbonyl (C=O) groups is 1. The first-order valence-electron chi connectivity index (χ1n) is 3.13. The highest BCUT2D eigenvalue weighted by atomic mass is 16.6. The minimum atomic E-state index is 0.0163. The third-order valence-corrected chi connectivity index (χ3v) is 0.892. The van der Waals surface area contributed by atoms with E-state index in [1.54, 1.807) is 6.92 Å². The van der Waals surface area contributed by atoms with Gasteiger partial charge in [0.25, 0.3) is 0 Å². The number of rotatable bonds is 4. The Kier molecular flexibility index (Phi) is 5.42. The molecule has 1 amide bonds. The summed E-state index contributed by atoms with van der Waals surface area (Å²) in [5, 5.41) is 6.04. The molecule has 0 atom stereocenters. The summed E-state index contributed by atoms with van der Waals surface area (Å²) in [6.45, 7) is 2.23. The standard InChI is InChI=1S/C6H12N2O2/c1-3-6(9)7-4-5-8-10-2/h5H,3-4H2,1-2H3,(H,7,9). The zero-order chi connectivity index (χ0) is 7.82. The summed E-state index contributed by atoms with van der Waals surface area (Å²) in [6, 6.07) is 0. The van der Waals surface area contributed by atoms with Crippen molar-refractivity contribution in [2.45, 2.75) is 13.3 Å². The topological polar surface area (TPSA) is 50.7 Å². The van der Waals surface area contributed by atoms with E-state index in [-0.39, 0.29) is 5.91 Å². The Balaban J connectivity index is 3.19. The lowest BCUT2D eigenvalue weighted by Gasteiger charge is -1.95. The Bertz CT molecular complexity index is 123. The Morgan fingerprint density at radius 1 is 1.80 bits per heavy atom. The predicted octanol–water partition coefficient (Wildman–Crippen LogP) is 0.145. The molecule has 10 heavy (non-hydrogen) atoms. The average molecular weight is 144 g/mol. The van der Waals surface area contributed by atoms with E-state index in [4.69, 9.17) is 0 Å². The van der Waals surface area contributed by atoms with Crippen molar-refractivity contribution in [2.24, 2.45) is 5.16 Å². The summed E-state index contributed by atoms with van der Waals surface area (Å²) in [6.07, 6.45) is 1.99. The highest BCUT2D eigenvalue weighted by Gasteiger charge is 1.90. The van der Waals surface area contributed by atoms with Crippen LogP contribution in [0, 0.1) is 0 Å². The molecule has 0 fully saturated rings. The van der Waals surface area contributed by atoms with Crippen molar-refractivity contribution >= 4 is 12.1 Å². The van der Waals surface area contributed by atoms with Gasteiger partial charge in [0.05, 0.1) is 12.8 Å². The maximum atomic E-state index is 10.6. The maximum absolute atomic E-state index is 10.6. The first-order chi connectivity index (χ1) is 4.81. The number of hydrogen-bond donors (Lipinski definition) is 1. The largest absolute Gasteiger partial charge is 0.399 e. The summed E-state index contributed by atoms with van der Waals surface area (Å²) >= 11 is 0. The normalized spacial score (nSPS) is 9.80. The molecule has 0 bridgehead atoms. The molecule has 0 aromatic carbocycles. The lowest BCUT2D eigenvalue weighted by molar-refractivity contribution is -0.120. The Hall–Kier alpha value is -1.06. The third-order valence-electron chi connectivity index (χ3n) is 0.892. The molecule has 1 N–H and O–H groups in total. The summed E-state index contributed by atoms with van der Waals surface area (Å²) < 4.78 is 0. The molecular weight excluding hydrogens is 132 g/mol. The molecule has 0 radical (unpaired) electrons. The second-order valence-corrected chi connectivity index (χ2v) is 1.63. The molecule has 58 valence electrons. The van der Waals surface area contributed by atoms with Crippen LogP contribution >= 0.6 is 0 Å². The fourth-order valence-electron chi connectivity index (χ4n) is 0.396. The Labute approximate surface area is 60.2 Å². The van der Waals surface area contributed by atoms with E-state index in [1.165, 1.54) is 13.3 Å². The Morgan fingerprint density at radius 3 is 3.00 bits per heavy atom. The van der Waals surface area contributed by atoms with E-state index < -0.39 is 0 Å². The zero-order valence-electron chi connectivity index (χ0n) is 6.26. The highest BCUT2D eigenvalue weighted by molar-refractivity contribution is 5.78. The second-order valence-electron chi connectivity index (χ2n) is 1.63. The van der Waals surface area contributed by atoms with Crippen molar-refractivity contribution in [2.75, 3.05) is 13.7 Å². The molecule has 0 rings (SSSR count). The first kappa shape index (κ1) is 8.94. The van der Waals surface area contributed by atoms with E-state index in [1.807, 2.05) is 0 Å². The number of nitrogens with zero attached hydrogens (tertiary/aromatic N) is 1. The van der Waals surface area contributed by atoms with Crippen LogP contribution < -0.4 is 5.32 Å². The van der Waals surface area contributed by atoms with Crippen LogP contribution in [0.5, 0.6) is 0 Å². The quantitative estimate of drug-likeness (QED) is 0.451. The van der Waals surface area contributed by atoms with E-state index >= 15 is 0 Å². The molecule has 4 heteroatoms. The molecular formula is C6H12N2O2. The highest BCUT2D eigenvalue weighted by Crippen LogP contribution is 1.72. The van der Waals surface area contributed by atoms with Crippen LogP contribution in [-0.4, -0.2) is 25.8 Å². The van der Waals surface area contributed by atoms with Gasteiger partial charge in [-0.2, -0.15) is 0 Å². The van der Waals surface area contributed by atoms with Crippen LogP contribution in [0.15, 0.2) is 5.16 Å². The molecule has 0 aliphatic heterocycles. The van der Waals surface area contributed by atoms with Crippen LogP contribution in [0.3, 0.4) is 0 Å². The summed E-state index contributed by atoms with van der Waals surface area (Å²) in [5.41, 5.74) is 0. The summed E-state index contributed by atoms with van der Waals surface area (Å²) in [5.74, 6) is 0.0163. The van der Waals surface area contributed by atoms with E-state index in [0.29, 0.717) is 13.0 Å². The van der Waals surface area contributed by atoms with Gasteiger partial charge in [0.2, 0.25) is 5.91 Å². The molecule has 0 spiro atoms. The molecule has 0 aliphatic carbocycles. The predicted molar refractivity (Wildman–Crippen MR) is 38.8 cm³/mol. The van der Waals surface area contributed by atoms with E-state index in [9.17, 15) is 4.79 Å². The molecule has 0 unspecified atom stereocenters. The van der Waals surface area contributed by atoms with Gasteiger partial charge in [0.1, 0.15) is 7.11 Å². The van der Waals surface area contributed by atoms with Crippen LogP contribution in [0.25, 0.3) is 0 Å². The van der Waals surface area contributed by atoms with Gasteiger partial charge in [-0.1, -0.05) is 12.1 Å². The smallest absolute Gasteiger partial charge is 0.220 e. The van der Waals surface area contributed by atoms with Crippen LogP contribution in [0.1, 0.15) is 13.3 Å². The number of amides is 1. The van der Waals surface area contributed by atoms with Gasteiger partial charge in [-0.15, -0.1) is 0 Å². The monoisotopic (exact) mass is 144 g/mol. The summed E-state index contributed by atoms with van der Waals surface area (Å²) in [4.78, 5) is 14.9. The maximum Gasteiger partial charge on any atom is 0.220 e. The SMILES string of the molecule is CCC(=O)NCC=NOC. The minimum absolute atomic E-state index is 0.0163. The molecule has 0 heterocycles. The lowest BCUT2D eigenvalue weighted by Crippen LogP contribution is -2.23. The van der Waals surface area contributed by atoms with Gasteiger partial charge < -0.3 is 10.2 Å². The fourth-order valence-corrected chi connectivity index (χ4v) is 0.396. The number of hydrogen-bond acceptors (Lipinski definition) is 3. The number of oxime groups is 1. The van der Waals surface area contributed by atoms with Gasteiger partial charge >= 0.3 is 0 Å². The second kappa shape index (κ2) is 6.07. The third kappa shape index (κ3) is 5.08. The summed E-state index contributed by atoms with van der Waals surface area (Å²) in [7, 11) is 1.46. The molecule has 0 aromatic rings. The molecule has 0 aliphatic rings. The molecule has 0 saturated carbocycles. The molecule has 0 saturated heterocycles. The van der Waals surface area contributed by atoms with Gasteiger partial charge in [0.15, 0.2) is 0 Å². The first-order valence-corrected chi connectivity index (χ1v) is 3.13. The van der Waals surface area contributed by atoms with Crippen molar-refractivity contribution in [3.05, 3.63) is 0 Å². The number of carbonyl (C=O) groups excluding carboxylic acids is 1. The van der Waals surface area contributed by atoms with Gasteiger partial charge in [-0.3, -0.25) is 4.79 Å². The van der Waals surface area contributed by atoms with Crippen molar-refractivity contribution < 1.29 is 9.63 Å². The van der Waals surface area contributed by atoms with Crippen LogP contribution in [0.2, 0.25) is 0 Å². The average Bonchev–Trinajstić information content (AvgIpc) is 1.98. The molecule has 4 nitrogen and oxygen atoms in total.